The monoisotopic (exact) mass is 689 g/mol. The van der Waals surface area contributed by atoms with Crippen molar-refractivity contribution >= 4 is 58.8 Å². The number of halogens is 3. The summed E-state index contributed by atoms with van der Waals surface area (Å²) in [5.41, 5.74) is 0. The molecule has 4 atom stereocenters. The Hall–Kier alpha value is -2.49. The molecule has 2 saturated carbocycles. The van der Waals surface area contributed by atoms with Gasteiger partial charge in [0.2, 0.25) is 23.5 Å². The van der Waals surface area contributed by atoms with Crippen LogP contribution < -0.4 is 21.3 Å². The number of carbonyl (C=O) groups excluding carboxylic acids is 6. The molecule has 3 heterocycles. The molecule has 3 saturated heterocycles. The molecule has 1 spiro atoms. The third-order valence-electron chi connectivity index (χ3n) is 9.85. The Kier molecular flexibility index (Phi) is 11.2. The van der Waals surface area contributed by atoms with Crippen LogP contribution in [0.2, 0.25) is 0 Å². The minimum Gasteiger partial charge on any atom is -0.356 e. The lowest BCUT2D eigenvalue weighted by atomic mass is 9.83. The second-order valence-electron chi connectivity index (χ2n) is 13.0. The lowest BCUT2D eigenvalue weighted by molar-refractivity contribution is -0.175. The van der Waals surface area contributed by atoms with E-state index >= 15 is 0 Å². The minimum absolute atomic E-state index is 0.0795. The number of likely N-dealkylation sites (tertiary alicyclic amines) is 1. The molecule has 0 radical (unpaired) electrons. The van der Waals surface area contributed by atoms with Crippen LogP contribution in [0.4, 0.5) is 13.2 Å². The van der Waals surface area contributed by atoms with Crippen LogP contribution >= 0.6 is 23.5 Å². The number of nitrogens with one attached hydrogen (secondary N) is 4. The molecule has 11 nitrogen and oxygen atoms in total. The maximum Gasteiger partial charge on any atom is 0.471 e. The minimum atomic E-state index is -5.19. The first-order chi connectivity index (χ1) is 21.9. The Labute approximate surface area is 274 Å². The van der Waals surface area contributed by atoms with Crippen molar-refractivity contribution in [3.05, 3.63) is 0 Å². The summed E-state index contributed by atoms with van der Waals surface area (Å²) in [6.45, 7) is 0.483. The van der Waals surface area contributed by atoms with Crippen molar-refractivity contribution < 1.29 is 41.9 Å². The molecule has 0 aromatic heterocycles. The highest BCUT2D eigenvalue weighted by Gasteiger charge is 2.54. The second kappa shape index (κ2) is 14.7. The van der Waals surface area contributed by atoms with E-state index in [9.17, 15) is 41.9 Å². The van der Waals surface area contributed by atoms with Gasteiger partial charge in [0.1, 0.15) is 12.1 Å². The first-order valence-corrected chi connectivity index (χ1v) is 18.2. The van der Waals surface area contributed by atoms with Gasteiger partial charge in [0.05, 0.1) is 10.1 Å². The molecular weight excluding hydrogens is 647 g/mol. The lowest BCUT2D eigenvalue weighted by Gasteiger charge is -2.35. The zero-order valence-electron chi connectivity index (χ0n) is 25.6. The molecule has 0 aromatic carbocycles. The van der Waals surface area contributed by atoms with Gasteiger partial charge in [-0.3, -0.25) is 28.8 Å². The Bertz CT molecular complexity index is 1200. The van der Waals surface area contributed by atoms with Crippen molar-refractivity contribution in [1.82, 2.24) is 26.2 Å². The predicted octanol–water partition coefficient (Wildman–Crippen LogP) is 2.03. The van der Waals surface area contributed by atoms with Gasteiger partial charge < -0.3 is 26.2 Å². The zero-order chi connectivity index (χ0) is 33.1. The Morgan fingerprint density at radius 2 is 1.59 bits per heavy atom. The predicted molar refractivity (Wildman–Crippen MR) is 165 cm³/mol. The highest BCUT2D eigenvalue weighted by molar-refractivity contribution is 8.21. The van der Waals surface area contributed by atoms with E-state index in [0.717, 1.165) is 43.6 Å². The van der Waals surface area contributed by atoms with Gasteiger partial charge in [0.15, 0.2) is 0 Å². The third kappa shape index (κ3) is 8.13. The summed E-state index contributed by atoms with van der Waals surface area (Å²) >= 11 is 3.14. The van der Waals surface area contributed by atoms with Crippen LogP contribution in [0.15, 0.2) is 0 Å². The average molecular weight is 690 g/mol. The molecule has 5 amide bonds. The summed E-state index contributed by atoms with van der Waals surface area (Å²) in [6, 6.07) is -4.09. The molecule has 46 heavy (non-hydrogen) atoms. The van der Waals surface area contributed by atoms with Crippen molar-refractivity contribution in [2.24, 2.45) is 11.8 Å². The lowest BCUT2D eigenvalue weighted by Crippen LogP contribution is -2.59. The van der Waals surface area contributed by atoms with E-state index in [-0.39, 0.29) is 31.3 Å². The van der Waals surface area contributed by atoms with Crippen LogP contribution in [0.1, 0.15) is 77.0 Å². The van der Waals surface area contributed by atoms with Gasteiger partial charge in [-0.05, 0) is 44.4 Å². The summed E-state index contributed by atoms with van der Waals surface area (Å²) in [7, 11) is 0. The summed E-state index contributed by atoms with van der Waals surface area (Å²) in [5.74, 6) is -5.29. The van der Waals surface area contributed by atoms with E-state index in [0.29, 0.717) is 38.6 Å². The smallest absolute Gasteiger partial charge is 0.356 e. The standard InChI is InChI=1S/C30H42F3N5O6S2/c31-30(32,33)28(44)37-22(17-6-2-1-3-7-17)27(43)38-16-29(45-12-13-46-29)15-21(38)25(41)36-20(14-18-10-11-34-24(18)40)23(39)26(42)35-19-8-4-5-9-19/h17-22H,1-16H2,(H,34,40)(H,35,42)(H,36,41)(H,37,44)/t18-,20-,21-,22-/m0/s1. The molecule has 5 fully saturated rings. The fraction of sp³-hybridized carbons (Fsp3) is 0.800. The molecule has 5 aliphatic rings. The number of ketones is 1. The molecular formula is C30H42F3N5O6S2. The maximum atomic E-state index is 14.2. The van der Waals surface area contributed by atoms with Crippen LogP contribution in [-0.2, 0) is 28.8 Å². The van der Waals surface area contributed by atoms with E-state index < -0.39 is 69.6 Å². The van der Waals surface area contributed by atoms with Crippen LogP contribution in [0, 0.1) is 11.8 Å². The van der Waals surface area contributed by atoms with Gasteiger partial charge in [-0.25, -0.2) is 0 Å². The number of carbonyl (C=O) groups is 6. The van der Waals surface area contributed by atoms with Crippen LogP contribution in [-0.4, -0.2) is 99.2 Å². The fourth-order valence-electron chi connectivity index (χ4n) is 7.40. The fourth-order valence-corrected chi connectivity index (χ4v) is 10.7. The number of rotatable bonds is 10. The van der Waals surface area contributed by atoms with Gasteiger partial charge in [-0.15, -0.1) is 23.5 Å². The summed E-state index contributed by atoms with van der Waals surface area (Å²) < 4.78 is 39.5. The van der Waals surface area contributed by atoms with Crippen LogP contribution in [0.5, 0.6) is 0 Å². The highest BCUT2D eigenvalue weighted by Crippen LogP contribution is 2.52. The molecule has 0 unspecified atom stereocenters. The number of nitrogens with zero attached hydrogens (tertiary/aromatic N) is 1. The Morgan fingerprint density at radius 1 is 0.935 bits per heavy atom. The van der Waals surface area contributed by atoms with Crippen molar-refractivity contribution in [3.8, 4) is 0 Å². The molecule has 0 aromatic rings. The van der Waals surface area contributed by atoms with Gasteiger partial charge >= 0.3 is 12.1 Å². The normalized spacial score (nSPS) is 26.5. The summed E-state index contributed by atoms with van der Waals surface area (Å²) in [6.07, 6.45) is 1.87. The SMILES string of the molecule is O=C(NC1CCCC1)C(=O)[C@H](C[C@@H]1CCNC1=O)NC(=O)[C@@H]1CC2(CN1C(=O)[C@@H](NC(=O)C(F)(F)F)C1CCCCC1)SCCS2. The maximum absolute atomic E-state index is 14.2. The molecule has 4 N–H and O–H groups in total. The topological polar surface area (TPSA) is 154 Å². The average Bonchev–Trinajstić information content (AvgIpc) is 3.85. The number of Topliss-reactive ketones (excluding diaryl/α,β-unsaturated/α-hetero) is 1. The van der Waals surface area contributed by atoms with E-state index in [1.807, 2.05) is 5.32 Å². The van der Waals surface area contributed by atoms with Gasteiger partial charge in [0, 0.05) is 43.0 Å². The number of thioether (sulfide) groups is 2. The van der Waals surface area contributed by atoms with Crippen molar-refractivity contribution in [3.63, 3.8) is 0 Å². The van der Waals surface area contributed by atoms with Crippen molar-refractivity contribution in [1.29, 1.82) is 0 Å². The zero-order valence-corrected chi connectivity index (χ0v) is 27.3. The van der Waals surface area contributed by atoms with E-state index in [1.54, 1.807) is 23.5 Å². The van der Waals surface area contributed by atoms with E-state index in [2.05, 4.69) is 16.0 Å². The van der Waals surface area contributed by atoms with E-state index in [4.69, 9.17) is 0 Å². The first kappa shape index (κ1) is 34.8. The number of hydrogen-bond acceptors (Lipinski definition) is 8. The first-order valence-electron chi connectivity index (χ1n) is 16.3. The van der Waals surface area contributed by atoms with Gasteiger partial charge in [-0.2, -0.15) is 13.2 Å². The van der Waals surface area contributed by atoms with Gasteiger partial charge in [0.25, 0.3) is 5.91 Å². The molecule has 3 aliphatic heterocycles. The molecule has 5 rings (SSSR count). The molecule has 0 bridgehead atoms. The van der Waals surface area contributed by atoms with Crippen LogP contribution in [0.3, 0.4) is 0 Å². The number of amides is 5. The Balaban J connectivity index is 1.38. The quantitative estimate of drug-likeness (QED) is 0.254. The second-order valence-corrected chi connectivity index (χ2v) is 16.2. The number of hydrogen-bond donors (Lipinski definition) is 4. The third-order valence-corrected chi connectivity index (χ3v) is 13.3. The van der Waals surface area contributed by atoms with Crippen molar-refractivity contribution in [2.45, 2.75) is 111 Å². The number of alkyl halides is 3. The molecule has 16 heteroatoms. The Morgan fingerprint density at radius 3 is 2.20 bits per heavy atom. The van der Waals surface area contributed by atoms with Crippen molar-refractivity contribution in [2.75, 3.05) is 24.6 Å². The van der Waals surface area contributed by atoms with E-state index in [1.165, 1.54) is 4.90 Å². The molecule has 2 aliphatic carbocycles. The summed E-state index contributed by atoms with van der Waals surface area (Å²) in [5, 5.41) is 10.1. The van der Waals surface area contributed by atoms with Gasteiger partial charge in [-0.1, -0.05) is 32.1 Å². The summed E-state index contributed by atoms with van der Waals surface area (Å²) in [4.78, 5) is 80.5. The van der Waals surface area contributed by atoms with Crippen LogP contribution in [0.25, 0.3) is 0 Å². The largest absolute Gasteiger partial charge is 0.471 e. The molecule has 256 valence electrons. The highest BCUT2D eigenvalue weighted by atomic mass is 32.2.